The van der Waals surface area contributed by atoms with Gasteiger partial charge < -0.3 is 40.4 Å². The SMILES string of the molecule is Nc1nc2c(ncn2[C@@H]2S[C@@](CO)(CF)C[C@H]2P(O)(=S)OCC[C@H]2O[C@@H](n3cnc4c(N)ncnc43)[C@@H](F)[C@@H]2O)c(=O)[nH]1. The molecule has 2 aliphatic rings. The average molecular weight is 661 g/mol. The molecule has 4 aromatic rings. The molecule has 0 saturated carbocycles. The van der Waals surface area contributed by atoms with Gasteiger partial charge in [-0.2, -0.15) is 4.98 Å². The summed E-state index contributed by atoms with van der Waals surface area (Å²) in [6.07, 6.45) is -2.02. The number of imidazole rings is 2. The molecule has 0 radical (unpaired) electrons. The zero-order chi connectivity index (χ0) is 30.7. The minimum absolute atomic E-state index is 0.0232. The number of rotatable bonds is 9. The number of hydrogen-bond donors (Lipinski definition) is 6. The number of aliphatic hydroxyl groups is 2. The number of nitrogens with one attached hydrogen (secondary N) is 1. The van der Waals surface area contributed by atoms with Crippen LogP contribution in [0.25, 0.3) is 22.3 Å². The Hall–Kier alpha value is -2.84. The van der Waals surface area contributed by atoms with Crippen LogP contribution in [0.3, 0.4) is 0 Å². The van der Waals surface area contributed by atoms with Crippen molar-refractivity contribution in [2.75, 3.05) is 31.4 Å². The van der Waals surface area contributed by atoms with Gasteiger partial charge in [-0.3, -0.25) is 14.3 Å². The van der Waals surface area contributed by atoms with E-state index < -0.39 is 65.7 Å². The molecule has 0 amide bonds. The Bertz CT molecular complexity index is 1770. The van der Waals surface area contributed by atoms with Gasteiger partial charge in [0.15, 0.2) is 41.5 Å². The predicted molar refractivity (Wildman–Crippen MR) is 155 cm³/mol. The molecule has 16 nitrogen and oxygen atoms in total. The molecule has 232 valence electrons. The van der Waals surface area contributed by atoms with Gasteiger partial charge in [-0.15, -0.1) is 11.8 Å². The van der Waals surface area contributed by atoms with Gasteiger partial charge in [0.05, 0.1) is 47.8 Å². The summed E-state index contributed by atoms with van der Waals surface area (Å²) in [5.74, 6) is -0.0657. The van der Waals surface area contributed by atoms with E-state index in [2.05, 4.69) is 29.9 Å². The molecule has 0 spiro atoms. The monoisotopic (exact) mass is 660 g/mol. The number of nitrogens with two attached hydrogens (primary N) is 2. The van der Waals surface area contributed by atoms with Crippen molar-refractivity contribution in [3.05, 3.63) is 29.3 Å². The molecule has 43 heavy (non-hydrogen) atoms. The van der Waals surface area contributed by atoms with Gasteiger partial charge in [-0.1, -0.05) is 0 Å². The summed E-state index contributed by atoms with van der Waals surface area (Å²) in [5.41, 5.74) is 10.6. The lowest BCUT2D eigenvalue weighted by atomic mass is 10.1. The summed E-state index contributed by atoms with van der Waals surface area (Å²) in [6, 6.07) is 0. The van der Waals surface area contributed by atoms with E-state index in [0.29, 0.717) is 0 Å². The molecular formula is C22H27F2N10O6PS2. The van der Waals surface area contributed by atoms with Crippen LogP contribution in [0.2, 0.25) is 0 Å². The number of nitrogen functional groups attached to an aromatic ring is 2. The minimum atomic E-state index is -3.77. The molecule has 8 atom stereocenters. The maximum absolute atomic E-state index is 15.2. The third kappa shape index (κ3) is 5.18. The van der Waals surface area contributed by atoms with Crippen molar-refractivity contribution in [2.24, 2.45) is 0 Å². The molecule has 21 heteroatoms. The number of aliphatic hydroxyl groups excluding tert-OH is 2. The third-order valence-electron chi connectivity index (χ3n) is 7.59. The lowest BCUT2D eigenvalue weighted by Crippen LogP contribution is -2.31. The number of anilines is 2. The van der Waals surface area contributed by atoms with Crippen LogP contribution in [0.4, 0.5) is 20.5 Å². The molecule has 2 saturated heterocycles. The molecule has 0 bridgehead atoms. The van der Waals surface area contributed by atoms with Gasteiger partial charge in [0.1, 0.15) is 24.6 Å². The molecule has 6 heterocycles. The Labute approximate surface area is 250 Å². The molecule has 2 aliphatic heterocycles. The molecule has 2 fully saturated rings. The van der Waals surface area contributed by atoms with E-state index in [9.17, 15) is 24.3 Å². The first kappa shape index (κ1) is 30.2. The van der Waals surface area contributed by atoms with Crippen molar-refractivity contribution in [3.8, 4) is 0 Å². The Morgan fingerprint density at radius 1 is 1.23 bits per heavy atom. The van der Waals surface area contributed by atoms with E-state index in [1.54, 1.807) is 0 Å². The van der Waals surface area contributed by atoms with Crippen molar-refractivity contribution in [3.63, 3.8) is 0 Å². The number of nitrogens with zero attached hydrogens (tertiary/aromatic N) is 7. The van der Waals surface area contributed by atoms with Crippen molar-refractivity contribution in [1.29, 1.82) is 0 Å². The van der Waals surface area contributed by atoms with Gasteiger partial charge in [-0.05, 0) is 18.2 Å². The topological polar surface area (TPSA) is 238 Å². The van der Waals surface area contributed by atoms with E-state index in [1.165, 1.54) is 28.1 Å². The first-order valence-corrected chi connectivity index (χ1v) is 16.6. The first-order valence-electron chi connectivity index (χ1n) is 12.9. The molecule has 1 unspecified atom stereocenters. The standard InChI is InChI=1S/C22H27F2N10O6PS2/c23-4-22(5-35)3-10(20(43-22)34-8-30-13-17(34)31-21(26)32-18(13)37)41(38,42)39-2-1-9-14(36)11(24)19(40-9)33-7-29-12-15(25)27-6-28-16(12)33/h6-11,14,19-20,35-36H,1-5H2,(H,38,42)(H2,25,27,28)(H3,26,31,32,37)/t9-,10-,11+,14-,19-,20-,22-,41?/m1/s1. The van der Waals surface area contributed by atoms with E-state index in [0.717, 1.165) is 11.8 Å². The van der Waals surface area contributed by atoms with Crippen LogP contribution in [0, 0.1) is 0 Å². The Morgan fingerprint density at radius 3 is 2.72 bits per heavy atom. The summed E-state index contributed by atoms with van der Waals surface area (Å²) in [4.78, 5) is 46.4. The highest BCUT2D eigenvalue weighted by atomic mass is 32.5. The number of fused-ring (bicyclic) bond motifs is 2. The van der Waals surface area contributed by atoms with Gasteiger partial charge in [0.25, 0.3) is 5.56 Å². The number of thioether (sulfide) groups is 1. The van der Waals surface area contributed by atoms with E-state index in [-0.39, 0.29) is 53.5 Å². The Kier molecular flexibility index (Phi) is 7.91. The number of aromatic amines is 1. The van der Waals surface area contributed by atoms with E-state index in [4.69, 9.17) is 32.5 Å². The Balaban J connectivity index is 1.20. The summed E-state index contributed by atoms with van der Waals surface area (Å²) >= 11 is 6.56. The van der Waals surface area contributed by atoms with Crippen molar-refractivity contribution < 1.29 is 33.1 Å². The smallest absolute Gasteiger partial charge is 0.280 e. The summed E-state index contributed by atoms with van der Waals surface area (Å²) < 4.78 is 42.5. The zero-order valence-corrected chi connectivity index (χ0v) is 24.6. The summed E-state index contributed by atoms with van der Waals surface area (Å²) in [7, 11) is 0. The summed E-state index contributed by atoms with van der Waals surface area (Å²) in [5, 5.41) is 19.8. The number of alkyl halides is 2. The van der Waals surface area contributed by atoms with Crippen molar-refractivity contribution in [1.82, 2.24) is 39.0 Å². The fourth-order valence-electron chi connectivity index (χ4n) is 5.36. The Morgan fingerprint density at radius 2 is 1.98 bits per heavy atom. The lowest BCUT2D eigenvalue weighted by Gasteiger charge is -2.28. The molecule has 0 aromatic carbocycles. The maximum Gasteiger partial charge on any atom is 0.280 e. The number of aromatic nitrogens is 8. The van der Waals surface area contributed by atoms with Crippen molar-refractivity contribution >= 4 is 64.2 Å². The number of ether oxygens (including phenoxy) is 1. The first-order chi connectivity index (χ1) is 20.5. The molecular weight excluding hydrogens is 633 g/mol. The van der Waals surface area contributed by atoms with Crippen molar-refractivity contribution in [2.45, 2.75) is 53.2 Å². The van der Waals surface area contributed by atoms with Crippen LogP contribution in [0.5, 0.6) is 0 Å². The average Bonchev–Trinajstić information content (AvgIpc) is 3.74. The zero-order valence-electron chi connectivity index (χ0n) is 22.1. The second-order valence-electron chi connectivity index (χ2n) is 10.3. The number of hydrogen-bond acceptors (Lipinski definition) is 14. The van der Waals surface area contributed by atoms with Gasteiger partial charge in [0.2, 0.25) is 5.95 Å². The fourth-order valence-corrected chi connectivity index (χ4v) is 10.2. The molecule has 4 aromatic heterocycles. The number of halogens is 2. The van der Waals surface area contributed by atoms with E-state index in [1.807, 2.05) is 0 Å². The lowest BCUT2D eigenvalue weighted by molar-refractivity contribution is -0.0305. The highest BCUT2D eigenvalue weighted by Gasteiger charge is 2.53. The highest BCUT2D eigenvalue weighted by molar-refractivity contribution is 8.10. The van der Waals surface area contributed by atoms with Crippen LogP contribution in [0.15, 0.2) is 23.8 Å². The molecule has 0 aliphatic carbocycles. The maximum atomic E-state index is 15.2. The predicted octanol–water partition coefficient (Wildman–Crippen LogP) is 0.133. The van der Waals surface area contributed by atoms with Gasteiger partial charge in [-0.25, -0.2) is 28.7 Å². The van der Waals surface area contributed by atoms with Gasteiger partial charge in [0, 0.05) is 6.42 Å². The van der Waals surface area contributed by atoms with Crippen LogP contribution in [-0.4, -0.2) is 103 Å². The van der Waals surface area contributed by atoms with Gasteiger partial charge >= 0.3 is 0 Å². The largest absolute Gasteiger partial charge is 0.395 e. The molecule has 8 N–H and O–H groups in total. The normalized spacial score (nSPS) is 30.8. The summed E-state index contributed by atoms with van der Waals surface area (Å²) in [6.45, 7) is -5.50. The second kappa shape index (κ2) is 11.3. The minimum Gasteiger partial charge on any atom is -0.395 e. The molecule has 6 rings (SSSR count). The van der Waals surface area contributed by atoms with Crippen LogP contribution in [-0.2, 0) is 21.1 Å². The van der Waals surface area contributed by atoms with Crippen LogP contribution in [0.1, 0.15) is 24.4 Å². The second-order valence-corrected chi connectivity index (χ2v) is 15.5. The third-order valence-corrected chi connectivity index (χ3v) is 12.5. The fraction of sp³-hybridized carbons (Fsp3) is 0.545. The van der Waals surface area contributed by atoms with Crippen LogP contribution < -0.4 is 17.0 Å². The number of H-pyrrole nitrogens is 1. The van der Waals surface area contributed by atoms with E-state index >= 15 is 4.39 Å². The highest BCUT2D eigenvalue weighted by Crippen LogP contribution is 2.65. The quantitative estimate of drug-likeness (QED) is 0.131. The van der Waals surface area contributed by atoms with Crippen LogP contribution >= 0.6 is 18.3 Å².